The zero-order valence-electron chi connectivity index (χ0n) is 48.0. The summed E-state index contributed by atoms with van der Waals surface area (Å²) in [5.74, 6) is 0. The minimum absolute atomic E-state index is 0.360. The van der Waals surface area contributed by atoms with Gasteiger partial charge in [0.2, 0.25) is 0 Å². The number of hydrogen-bond donors (Lipinski definition) is 0. The fraction of sp³-hybridized carbons (Fsp3) is 0.593. The van der Waals surface area contributed by atoms with Crippen LogP contribution in [-0.2, 0) is 0 Å². The summed E-state index contributed by atoms with van der Waals surface area (Å²) in [6.07, 6.45) is 0. The van der Waals surface area contributed by atoms with Gasteiger partial charge in [0.25, 0.3) is 0 Å². The Labute approximate surface area is 408 Å². The molecule has 0 saturated carbocycles. The van der Waals surface area contributed by atoms with Crippen molar-refractivity contribution >= 4 is 143 Å². The van der Waals surface area contributed by atoms with E-state index in [-0.39, 0.29) is 0 Å². The van der Waals surface area contributed by atoms with Crippen LogP contribution in [0.25, 0.3) is 0 Å². The van der Waals surface area contributed by atoms with Gasteiger partial charge in [-0.25, -0.2) is 0 Å². The molecule has 1 aliphatic carbocycles. The van der Waals surface area contributed by atoms with Gasteiger partial charge in [-0.15, -0.1) is 0 Å². The Morgan fingerprint density at radius 2 is 0.391 bits per heavy atom. The lowest BCUT2D eigenvalue weighted by atomic mass is 10.1. The molecule has 0 saturated heterocycles. The number of allylic oxidation sites excluding steroid dienone is 4. The molecular weight excluding hydrogens is 929 g/mol. The van der Waals surface area contributed by atoms with Gasteiger partial charge in [-0.2, -0.15) is 0 Å². The van der Waals surface area contributed by atoms with E-state index >= 15 is 0 Å². The van der Waals surface area contributed by atoms with E-state index in [1.54, 1.807) is 37.9 Å². The predicted octanol–water partition coefficient (Wildman–Crippen LogP) is 10.1. The van der Waals surface area contributed by atoms with Gasteiger partial charge in [0.05, 0.1) is 72.7 Å². The molecule has 0 bridgehead atoms. The standard InChI is InChI=1S/C54H100Si10/c1-38-39(2)41(4)48(40(38)3)64(52-45(58(14,15)16)35-32-42(55(5,6)7)49(52)61(23,24)25,53-46(59(17,18)19)36-33-43(56(8,9)10)50(53)62(26,27)28)54-47(60(20,21)22)37-34-44(57(11,12)13)51(54)63(29,30)31/h32-37,48H,1-31H3. The van der Waals surface area contributed by atoms with Crippen LogP contribution in [0.1, 0.15) is 27.7 Å². The van der Waals surface area contributed by atoms with Crippen LogP contribution in [0.4, 0.5) is 0 Å². The average molecular weight is 1030 g/mol. The molecule has 0 heterocycles. The molecule has 3 aromatic carbocycles. The lowest BCUT2D eigenvalue weighted by Gasteiger charge is -2.54. The van der Waals surface area contributed by atoms with Gasteiger partial charge in [-0.05, 0) is 38.8 Å². The number of rotatable bonds is 13. The minimum Gasteiger partial charge on any atom is -0.0656 e. The highest BCUT2D eigenvalue weighted by Gasteiger charge is 2.60. The molecule has 0 amide bonds. The minimum atomic E-state index is -3.30. The fourth-order valence-corrected chi connectivity index (χ4v) is 50.3. The van der Waals surface area contributed by atoms with Crippen molar-refractivity contribution in [1.82, 2.24) is 0 Å². The molecule has 1 aliphatic rings. The zero-order valence-corrected chi connectivity index (χ0v) is 58.0. The Balaban J connectivity index is 3.05. The maximum atomic E-state index is 2.82. The van der Waals surface area contributed by atoms with E-state index in [1.807, 2.05) is 46.7 Å². The van der Waals surface area contributed by atoms with Crippen LogP contribution < -0.4 is 62.2 Å². The van der Waals surface area contributed by atoms with Crippen molar-refractivity contribution in [3.63, 3.8) is 0 Å². The lowest BCUT2D eigenvalue weighted by molar-refractivity contribution is 1.09. The molecule has 0 N–H and O–H groups in total. The van der Waals surface area contributed by atoms with Crippen LogP contribution >= 0.6 is 0 Å². The summed E-state index contributed by atoms with van der Waals surface area (Å²) >= 11 is 0. The van der Waals surface area contributed by atoms with Gasteiger partial charge in [0.1, 0.15) is 0 Å². The van der Waals surface area contributed by atoms with Gasteiger partial charge in [-0.3, -0.25) is 0 Å². The molecule has 0 aliphatic heterocycles. The van der Waals surface area contributed by atoms with Gasteiger partial charge in [-0.1, -0.05) is 287 Å². The van der Waals surface area contributed by atoms with Crippen molar-refractivity contribution in [2.75, 3.05) is 0 Å². The van der Waals surface area contributed by atoms with Crippen molar-refractivity contribution in [1.29, 1.82) is 0 Å². The number of benzene rings is 3. The third-order valence-corrected chi connectivity index (χ3v) is 41.1. The van der Waals surface area contributed by atoms with Crippen LogP contribution in [0.5, 0.6) is 0 Å². The summed E-state index contributed by atoms with van der Waals surface area (Å²) in [4.78, 5) is 0. The summed E-state index contributed by atoms with van der Waals surface area (Å²) in [7, 11) is -21.2. The highest BCUT2D eigenvalue weighted by Crippen LogP contribution is 2.46. The quantitative estimate of drug-likeness (QED) is 0.118. The van der Waals surface area contributed by atoms with Crippen molar-refractivity contribution in [3.05, 3.63) is 58.7 Å². The van der Waals surface area contributed by atoms with Gasteiger partial charge in [0, 0.05) is 5.54 Å². The van der Waals surface area contributed by atoms with E-state index in [9.17, 15) is 0 Å². The molecule has 4 rings (SSSR count). The van der Waals surface area contributed by atoms with Crippen molar-refractivity contribution in [2.45, 2.75) is 210 Å². The van der Waals surface area contributed by atoms with E-state index in [4.69, 9.17) is 0 Å². The summed E-state index contributed by atoms with van der Waals surface area (Å²) in [5.41, 5.74) is 6.93. The third kappa shape index (κ3) is 10.1. The van der Waals surface area contributed by atoms with E-state index in [2.05, 4.69) is 241 Å². The van der Waals surface area contributed by atoms with Crippen LogP contribution in [0, 0.1) is 0 Å². The molecule has 0 fully saturated rings. The molecule has 0 spiro atoms. The Kier molecular flexibility index (Phi) is 15.1. The molecular formula is C54H100Si10. The second-order valence-electron chi connectivity index (χ2n) is 29.8. The van der Waals surface area contributed by atoms with E-state index in [1.165, 1.54) is 0 Å². The Bertz CT molecular complexity index is 2120. The Morgan fingerprint density at radius 1 is 0.234 bits per heavy atom. The first-order chi connectivity index (χ1) is 28.2. The summed E-state index contributed by atoms with van der Waals surface area (Å²) in [6, 6.07) is 16.7. The van der Waals surface area contributed by atoms with Crippen molar-refractivity contribution < 1.29 is 0 Å². The van der Waals surface area contributed by atoms with Crippen molar-refractivity contribution in [2.24, 2.45) is 0 Å². The largest absolute Gasteiger partial charge is 0.158 e. The topological polar surface area (TPSA) is 0 Å². The van der Waals surface area contributed by atoms with Gasteiger partial charge >= 0.3 is 0 Å². The molecule has 0 radical (unpaired) electrons. The van der Waals surface area contributed by atoms with E-state index < -0.39 is 80.7 Å². The molecule has 0 unspecified atom stereocenters. The molecule has 10 heteroatoms. The smallest absolute Gasteiger partial charge is 0.0656 e. The van der Waals surface area contributed by atoms with Crippen LogP contribution in [0.15, 0.2) is 58.7 Å². The second-order valence-corrected chi connectivity index (χ2v) is 78.8. The first-order valence-electron chi connectivity index (χ1n) is 25.1. The summed E-state index contributed by atoms with van der Waals surface area (Å²) in [5, 5.41) is 22.4. The monoisotopic (exact) mass is 1030 g/mol. The second kappa shape index (κ2) is 17.3. The van der Waals surface area contributed by atoms with Gasteiger partial charge in [0.15, 0.2) is 8.07 Å². The molecule has 64 heavy (non-hydrogen) atoms. The predicted molar refractivity (Wildman–Crippen MR) is 331 cm³/mol. The number of hydrogen-bond acceptors (Lipinski definition) is 0. The zero-order chi connectivity index (χ0) is 50.1. The van der Waals surface area contributed by atoms with E-state index in [0.717, 1.165) is 0 Å². The van der Waals surface area contributed by atoms with Gasteiger partial charge < -0.3 is 0 Å². The van der Waals surface area contributed by atoms with E-state index in [0.29, 0.717) is 5.54 Å². The lowest BCUT2D eigenvalue weighted by Crippen LogP contribution is -2.92. The highest BCUT2D eigenvalue weighted by molar-refractivity contribution is 7.27. The van der Waals surface area contributed by atoms with Crippen molar-refractivity contribution in [3.8, 4) is 0 Å². The molecule has 3 aromatic rings. The van der Waals surface area contributed by atoms with Crippen LogP contribution in [0.3, 0.4) is 0 Å². The first kappa shape index (κ1) is 55.9. The average Bonchev–Trinajstić information content (AvgIpc) is 3.25. The SMILES string of the molecule is CC1=C(C)C([Si](c2c([Si](C)(C)C)ccc([Si](C)(C)C)c2[Si](C)(C)C)(c2c([Si](C)(C)C)ccc([Si](C)(C)C)c2[Si](C)(C)C)c2c([Si](C)(C)C)ccc([Si](C)(C)C)c2[Si](C)(C)C)C(C)=C1C. The summed E-state index contributed by atoms with van der Waals surface area (Å²) in [6.45, 7) is 84.1. The molecule has 0 atom stereocenters. The molecule has 0 aromatic heterocycles. The summed E-state index contributed by atoms with van der Waals surface area (Å²) < 4.78 is 0. The maximum absolute atomic E-state index is 3.30. The fourth-order valence-electron chi connectivity index (χ4n) is 11.9. The maximum Gasteiger partial charge on any atom is 0.158 e. The third-order valence-electron chi connectivity index (χ3n) is 14.9. The van der Waals surface area contributed by atoms with Crippen LogP contribution in [0.2, 0.25) is 182 Å². The highest BCUT2D eigenvalue weighted by atomic mass is 28.4. The van der Waals surface area contributed by atoms with Crippen LogP contribution in [-0.4, -0.2) is 80.7 Å². The Hall–Kier alpha value is -0.691. The Morgan fingerprint density at radius 3 is 0.531 bits per heavy atom. The normalized spacial score (nSPS) is 16.2. The molecule has 0 nitrogen and oxygen atoms in total. The molecule has 356 valence electrons. The first-order valence-corrected chi connectivity index (χ1v) is 58.7.